The Kier molecular flexibility index (Phi) is 6.61. The zero-order valence-corrected chi connectivity index (χ0v) is 14.8. The number of benzene rings is 1. The minimum absolute atomic E-state index is 0.248. The van der Waals surface area contributed by atoms with Crippen LogP contribution >= 0.6 is 0 Å². The molecule has 1 aromatic rings. The van der Waals surface area contributed by atoms with E-state index < -0.39 is 23.7 Å². The van der Waals surface area contributed by atoms with Crippen LogP contribution < -0.4 is 5.32 Å². The number of ether oxygens (including phenoxy) is 2. The van der Waals surface area contributed by atoms with Crippen LogP contribution in [0.5, 0.6) is 0 Å². The first-order valence-electron chi connectivity index (χ1n) is 7.83. The van der Waals surface area contributed by atoms with Gasteiger partial charge in [-0.3, -0.25) is 0 Å². The number of rotatable bonds is 5. The lowest BCUT2D eigenvalue weighted by Gasteiger charge is -2.24. The summed E-state index contributed by atoms with van der Waals surface area (Å²) in [6, 6.07) is 6.95. The molecule has 1 rings (SSSR count). The maximum Gasteiger partial charge on any atom is 0.408 e. The van der Waals surface area contributed by atoms with Crippen molar-refractivity contribution in [3.63, 3.8) is 0 Å². The Hall–Kier alpha value is -2.04. The number of esters is 1. The van der Waals surface area contributed by atoms with Crippen LogP contribution in [0.3, 0.4) is 0 Å². The minimum Gasteiger partial charge on any atom is -0.461 e. The van der Waals surface area contributed by atoms with Crippen molar-refractivity contribution in [2.75, 3.05) is 0 Å². The molecule has 1 atom stereocenters. The van der Waals surface area contributed by atoms with Gasteiger partial charge in [-0.05, 0) is 52.7 Å². The van der Waals surface area contributed by atoms with Crippen LogP contribution in [0.25, 0.3) is 0 Å². The fourth-order valence-electron chi connectivity index (χ4n) is 2.02. The molecule has 0 unspecified atom stereocenters. The summed E-state index contributed by atoms with van der Waals surface area (Å²) in [5.74, 6) is -0.464. The van der Waals surface area contributed by atoms with E-state index in [1.54, 1.807) is 34.6 Å². The van der Waals surface area contributed by atoms with Gasteiger partial charge in [-0.25, -0.2) is 9.59 Å². The second kappa shape index (κ2) is 7.99. The lowest BCUT2D eigenvalue weighted by molar-refractivity contribution is -0.149. The molecule has 0 aliphatic heterocycles. The summed E-state index contributed by atoms with van der Waals surface area (Å²) in [5, 5.41) is 2.62. The van der Waals surface area contributed by atoms with Gasteiger partial charge in [-0.2, -0.15) is 0 Å². The summed E-state index contributed by atoms with van der Waals surface area (Å²) in [6.45, 7) is 10.8. The van der Waals surface area contributed by atoms with Crippen LogP contribution in [0.4, 0.5) is 4.79 Å². The molecule has 1 N–H and O–H groups in total. The summed E-state index contributed by atoms with van der Waals surface area (Å²) in [6.07, 6.45) is -0.517. The number of carbonyl (C=O) groups is 2. The van der Waals surface area contributed by atoms with E-state index in [1.807, 2.05) is 31.2 Å². The molecule has 0 saturated carbocycles. The van der Waals surface area contributed by atoms with Crippen molar-refractivity contribution in [1.82, 2.24) is 5.32 Å². The summed E-state index contributed by atoms with van der Waals surface area (Å²) >= 11 is 0. The van der Waals surface area contributed by atoms with Gasteiger partial charge < -0.3 is 14.8 Å². The number of aryl methyl sites for hydroxylation is 1. The van der Waals surface area contributed by atoms with E-state index in [1.165, 1.54) is 0 Å². The van der Waals surface area contributed by atoms with E-state index in [9.17, 15) is 9.59 Å². The molecule has 0 bridgehead atoms. The Bertz CT molecular complexity index is 546. The summed E-state index contributed by atoms with van der Waals surface area (Å²) in [5.41, 5.74) is 1.41. The fourth-order valence-corrected chi connectivity index (χ4v) is 2.02. The van der Waals surface area contributed by atoms with Crippen LogP contribution in [-0.2, 0) is 20.7 Å². The Balaban J connectivity index is 2.87. The van der Waals surface area contributed by atoms with Crippen molar-refractivity contribution >= 4 is 12.1 Å². The molecule has 0 fully saturated rings. The molecule has 5 nitrogen and oxygen atoms in total. The predicted octanol–water partition coefficient (Wildman–Crippen LogP) is 3.38. The number of hydrogen-bond donors (Lipinski definition) is 1. The standard InChI is InChI=1S/C18H27NO4/c1-12(2)22-16(20)15(19-17(21)23-18(4,5)6)11-14-10-8-7-9-13(14)3/h7-10,12,15H,11H2,1-6H3,(H,19,21)/t15-/m1/s1. The van der Waals surface area contributed by atoms with E-state index in [4.69, 9.17) is 9.47 Å². The maximum atomic E-state index is 12.3. The highest BCUT2D eigenvalue weighted by molar-refractivity contribution is 5.82. The van der Waals surface area contributed by atoms with Gasteiger partial charge >= 0.3 is 12.1 Å². The Morgan fingerprint density at radius 3 is 2.30 bits per heavy atom. The molecule has 0 heterocycles. The SMILES string of the molecule is Cc1ccccc1C[C@@H](NC(=O)OC(C)(C)C)C(=O)OC(C)C. The van der Waals surface area contributed by atoms with Crippen molar-refractivity contribution < 1.29 is 19.1 Å². The quantitative estimate of drug-likeness (QED) is 0.844. The van der Waals surface area contributed by atoms with Gasteiger partial charge in [0.2, 0.25) is 0 Å². The Morgan fingerprint density at radius 1 is 1.17 bits per heavy atom. The second-order valence-electron chi connectivity index (χ2n) is 6.82. The number of amides is 1. The molecule has 0 radical (unpaired) electrons. The fraction of sp³-hybridized carbons (Fsp3) is 0.556. The highest BCUT2D eigenvalue weighted by atomic mass is 16.6. The van der Waals surface area contributed by atoms with E-state index in [-0.39, 0.29) is 6.10 Å². The third-order valence-corrected chi connectivity index (χ3v) is 3.01. The smallest absolute Gasteiger partial charge is 0.408 e. The van der Waals surface area contributed by atoms with Gasteiger partial charge in [-0.1, -0.05) is 24.3 Å². The molecule has 23 heavy (non-hydrogen) atoms. The second-order valence-corrected chi connectivity index (χ2v) is 6.82. The van der Waals surface area contributed by atoms with Gasteiger partial charge in [0.15, 0.2) is 0 Å². The summed E-state index contributed by atoms with van der Waals surface area (Å²) in [4.78, 5) is 24.3. The number of carbonyl (C=O) groups excluding carboxylic acids is 2. The van der Waals surface area contributed by atoms with E-state index in [0.717, 1.165) is 11.1 Å². The molecule has 128 valence electrons. The third kappa shape index (κ3) is 7.17. The molecule has 0 aliphatic rings. The maximum absolute atomic E-state index is 12.3. The van der Waals surface area contributed by atoms with Crippen molar-refractivity contribution in [2.45, 2.75) is 65.7 Å². The topological polar surface area (TPSA) is 64.6 Å². The zero-order valence-electron chi connectivity index (χ0n) is 14.8. The van der Waals surface area contributed by atoms with Crippen LogP contribution in [0.15, 0.2) is 24.3 Å². The molecule has 1 aromatic carbocycles. The Labute approximate surface area is 138 Å². The van der Waals surface area contributed by atoms with Gasteiger partial charge in [0, 0.05) is 6.42 Å². The average molecular weight is 321 g/mol. The first kappa shape index (κ1) is 19.0. The van der Waals surface area contributed by atoms with Gasteiger partial charge in [-0.15, -0.1) is 0 Å². The first-order valence-corrected chi connectivity index (χ1v) is 7.83. The first-order chi connectivity index (χ1) is 10.6. The molecule has 0 saturated heterocycles. The molecular weight excluding hydrogens is 294 g/mol. The van der Waals surface area contributed by atoms with Crippen molar-refractivity contribution in [3.05, 3.63) is 35.4 Å². The lowest BCUT2D eigenvalue weighted by Crippen LogP contribution is -2.46. The zero-order chi connectivity index (χ0) is 17.6. The number of alkyl carbamates (subject to hydrolysis) is 1. The third-order valence-electron chi connectivity index (χ3n) is 3.01. The number of nitrogens with one attached hydrogen (secondary N) is 1. The van der Waals surface area contributed by atoms with Gasteiger partial charge in [0.05, 0.1) is 6.10 Å². The van der Waals surface area contributed by atoms with Gasteiger partial charge in [0.25, 0.3) is 0 Å². The molecule has 5 heteroatoms. The van der Waals surface area contributed by atoms with Crippen LogP contribution in [0.2, 0.25) is 0 Å². The van der Waals surface area contributed by atoms with E-state index in [2.05, 4.69) is 5.32 Å². The molecule has 1 amide bonds. The predicted molar refractivity (Wildman–Crippen MR) is 89.3 cm³/mol. The van der Waals surface area contributed by atoms with Gasteiger partial charge in [0.1, 0.15) is 11.6 Å². The van der Waals surface area contributed by atoms with Crippen LogP contribution in [-0.4, -0.2) is 29.8 Å². The number of hydrogen-bond acceptors (Lipinski definition) is 4. The van der Waals surface area contributed by atoms with Crippen molar-refractivity contribution in [3.8, 4) is 0 Å². The summed E-state index contributed by atoms with van der Waals surface area (Å²) in [7, 11) is 0. The molecule has 0 spiro atoms. The monoisotopic (exact) mass is 321 g/mol. The van der Waals surface area contributed by atoms with Crippen LogP contribution in [0.1, 0.15) is 45.7 Å². The van der Waals surface area contributed by atoms with E-state index >= 15 is 0 Å². The van der Waals surface area contributed by atoms with E-state index in [0.29, 0.717) is 6.42 Å². The molecule has 0 aliphatic carbocycles. The average Bonchev–Trinajstić information content (AvgIpc) is 2.37. The van der Waals surface area contributed by atoms with Crippen LogP contribution in [0, 0.1) is 6.92 Å². The van der Waals surface area contributed by atoms with Crippen molar-refractivity contribution in [1.29, 1.82) is 0 Å². The largest absolute Gasteiger partial charge is 0.461 e. The molecule has 0 aromatic heterocycles. The Morgan fingerprint density at radius 2 is 1.78 bits per heavy atom. The highest BCUT2D eigenvalue weighted by Crippen LogP contribution is 2.12. The lowest BCUT2D eigenvalue weighted by atomic mass is 10.0. The van der Waals surface area contributed by atoms with Crippen molar-refractivity contribution in [2.24, 2.45) is 0 Å². The normalized spacial score (nSPS) is 12.7. The molecular formula is C18H27NO4. The highest BCUT2D eigenvalue weighted by Gasteiger charge is 2.26. The minimum atomic E-state index is -0.784. The summed E-state index contributed by atoms with van der Waals surface area (Å²) < 4.78 is 10.5.